The van der Waals surface area contributed by atoms with Crippen LogP contribution in [0.4, 0.5) is 17.6 Å². The van der Waals surface area contributed by atoms with Crippen LogP contribution in [-0.4, -0.2) is 0 Å². The van der Waals surface area contributed by atoms with E-state index in [9.17, 15) is 17.6 Å². The maximum atomic E-state index is 12.8. The van der Waals surface area contributed by atoms with E-state index in [2.05, 4.69) is 0 Å². The summed E-state index contributed by atoms with van der Waals surface area (Å²) < 4.78 is 51.3. The number of fused-ring (bicyclic) bond motifs is 2. The van der Waals surface area contributed by atoms with Crippen LogP contribution >= 0.6 is 0 Å². The van der Waals surface area contributed by atoms with Gasteiger partial charge >= 0.3 is 26.2 Å². The smallest absolute Gasteiger partial charge is 1.00 e. The molecule has 0 saturated heterocycles. The van der Waals surface area contributed by atoms with Crippen LogP contribution < -0.4 is 24.8 Å². The quantitative estimate of drug-likeness (QED) is 0.247. The molecule has 0 radical (unpaired) electrons. The van der Waals surface area contributed by atoms with E-state index in [1.54, 1.807) is 36.4 Å². The molecule has 0 nitrogen and oxygen atoms in total. The van der Waals surface area contributed by atoms with Crippen LogP contribution in [0.15, 0.2) is 60.7 Å². The van der Waals surface area contributed by atoms with Gasteiger partial charge < -0.3 is 24.8 Å². The third-order valence-corrected chi connectivity index (χ3v) is 3.41. The van der Waals surface area contributed by atoms with E-state index < -0.39 is 0 Å². The predicted octanol–water partition coefficient (Wildman–Crippen LogP) is -0.321. The first kappa shape index (κ1) is 23.8. The molecule has 0 saturated carbocycles. The normalized spacial score (nSPS) is 9.44. The van der Waals surface area contributed by atoms with E-state index in [0.29, 0.717) is 21.5 Å². The minimum absolute atomic E-state index is 0. The molecule has 4 rings (SSSR count). The van der Waals surface area contributed by atoms with E-state index in [1.807, 2.05) is 0 Å². The fraction of sp³-hybridized carbons (Fsp3) is 0. The Morgan fingerprint density at radius 1 is 0.520 bits per heavy atom. The van der Waals surface area contributed by atoms with Crippen molar-refractivity contribution in [3.8, 4) is 0 Å². The Balaban J connectivity index is 0.000000411. The first-order valence-corrected chi connectivity index (χ1v) is 6.57. The Morgan fingerprint density at radius 3 is 1.16 bits per heavy atom. The van der Waals surface area contributed by atoms with Gasteiger partial charge in [0.2, 0.25) is 0 Å². The van der Waals surface area contributed by atoms with E-state index >= 15 is 0 Å². The van der Waals surface area contributed by atoms with Gasteiger partial charge in [0.15, 0.2) is 0 Å². The Bertz CT molecular complexity index is 797. The zero-order valence-corrected chi connectivity index (χ0v) is 16.5. The molecule has 4 aromatic carbocycles. The molecule has 7 heteroatoms. The molecule has 0 aromatic heterocycles. The van der Waals surface area contributed by atoms with Crippen LogP contribution in [0.5, 0.6) is 0 Å². The Labute approximate surface area is 173 Å². The van der Waals surface area contributed by atoms with Crippen molar-refractivity contribution in [2.45, 2.75) is 0 Å². The fourth-order valence-electron chi connectivity index (χ4n) is 2.33. The molecule has 0 bridgehead atoms. The number of benzene rings is 2. The molecule has 0 unspecified atom stereocenters. The van der Waals surface area contributed by atoms with Crippen LogP contribution in [0.25, 0.3) is 21.5 Å². The molecule has 0 aliphatic rings. The number of rotatable bonds is 0. The van der Waals surface area contributed by atoms with Gasteiger partial charge in [-0.05, 0) is 12.1 Å². The van der Waals surface area contributed by atoms with Gasteiger partial charge in [-0.3, -0.25) is 8.78 Å². The molecule has 25 heavy (non-hydrogen) atoms. The van der Waals surface area contributed by atoms with E-state index in [4.69, 9.17) is 0 Å². The van der Waals surface area contributed by atoms with Crippen molar-refractivity contribution in [1.29, 1.82) is 0 Å². The molecule has 0 fully saturated rings. The van der Waals surface area contributed by atoms with Crippen LogP contribution in [-0.2, 0) is 26.2 Å². The second-order valence-corrected chi connectivity index (χ2v) is 4.76. The third-order valence-electron chi connectivity index (χ3n) is 3.41. The maximum Gasteiger partial charge on any atom is 4.00 e. The van der Waals surface area contributed by atoms with Gasteiger partial charge in [-0.1, -0.05) is 12.1 Å². The minimum Gasteiger partial charge on any atom is -1.00 e. The van der Waals surface area contributed by atoms with Crippen molar-refractivity contribution in [3.05, 3.63) is 83.9 Å². The first-order valence-electron chi connectivity index (χ1n) is 6.57. The van der Waals surface area contributed by atoms with Crippen LogP contribution in [0.2, 0.25) is 0 Å². The largest absolute Gasteiger partial charge is 4.00 e. The Hall–Kier alpha value is -1.16. The van der Waals surface area contributed by atoms with E-state index in [0.717, 1.165) is 24.3 Å². The summed E-state index contributed by atoms with van der Waals surface area (Å²) in [6.45, 7) is 0. The number of hydrogen-bond donors (Lipinski definition) is 0. The molecular formula is C18H10Cl2F4Zr. The molecule has 0 spiro atoms. The Kier molecular flexibility index (Phi) is 9.64. The molecule has 0 N–H and O–H groups in total. The molecule has 0 aliphatic heterocycles. The van der Waals surface area contributed by atoms with Crippen LogP contribution in [0.1, 0.15) is 0 Å². The second kappa shape index (κ2) is 10.1. The van der Waals surface area contributed by atoms with Gasteiger partial charge in [0.1, 0.15) is 0 Å². The summed E-state index contributed by atoms with van der Waals surface area (Å²) in [4.78, 5) is 0. The van der Waals surface area contributed by atoms with Crippen LogP contribution in [0.3, 0.4) is 0 Å². The summed E-state index contributed by atoms with van der Waals surface area (Å²) in [5.41, 5.74) is 0. The van der Waals surface area contributed by atoms with Crippen molar-refractivity contribution in [2.24, 2.45) is 0 Å². The maximum absolute atomic E-state index is 12.8. The van der Waals surface area contributed by atoms with Crippen molar-refractivity contribution in [2.75, 3.05) is 0 Å². The van der Waals surface area contributed by atoms with Gasteiger partial charge in [0.05, 0.1) is 11.6 Å². The fourth-order valence-corrected chi connectivity index (χ4v) is 2.33. The summed E-state index contributed by atoms with van der Waals surface area (Å²) in [6, 6.07) is 14.1. The minimum atomic E-state index is -0.369. The zero-order valence-electron chi connectivity index (χ0n) is 12.5. The van der Waals surface area contributed by atoms with Crippen molar-refractivity contribution < 1.29 is 68.6 Å². The Morgan fingerprint density at radius 2 is 0.840 bits per heavy atom. The molecule has 128 valence electrons. The SMILES string of the molecule is Fc1ccc(F)c2[cH-]ccc12.Fc1ccc(F)c2[cH-]ccc12.[Cl-].[Cl-].[Zr+4]. The first-order chi connectivity index (χ1) is 10.6. The van der Waals surface area contributed by atoms with Gasteiger partial charge in [0.25, 0.3) is 0 Å². The molecule has 0 aliphatic carbocycles. The molecular weight excluding hydrogens is 454 g/mol. The summed E-state index contributed by atoms with van der Waals surface area (Å²) in [7, 11) is 0. The van der Waals surface area contributed by atoms with Crippen molar-refractivity contribution >= 4 is 21.5 Å². The molecule has 0 atom stereocenters. The van der Waals surface area contributed by atoms with Crippen molar-refractivity contribution in [3.63, 3.8) is 0 Å². The monoisotopic (exact) mass is 462 g/mol. The molecule has 0 heterocycles. The van der Waals surface area contributed by atoms with Gasteiger partial charge in [0, 0.05) is 11.6 Å². The van der Waals surface area contributed by atoms with Gasteiger partial charge in [-0.15, -0.1) is 33.7 Å². The van der Waals surface area contributed by atoms with Crippen LogP contribution in [0, 0.1) is 23.3 Å². The second-order valence-electron chi connectivity index (χ2n) is 4.76. The zero-order chi connectivity index (χ0) is 15.7. The standard InChI is InChI=1S/2C9H5F2.2ClH.Zr/c2*10-8-4-5-9(11)7-3-1-2-6(7)8;;;/h2*1-5H;2*1H;/q2*-1;;;+4/p-2. The summed E-state index contributed by atoms with van der Waals surface area (Å²) in [5.74, 6) is -1.48. The average Bonchev–Trinajstić information content (AvgIpc) is 3.17. The molecule has 4 aromatic rings. The molecule has 0 amide bonds. The van der Waals surface area contributed by atoms with E-state index in [-0.39, 0.29) is 74.3 Å². The predicted molar refractivity (Wildman–Crippen MR) is 78.9 cm³/mol. The van der Waals surface area contributed by atoms with E-state index in [1.165, 1.54) is 0 Å². The summed E-state index contributed by atoms with van der Waals surface area (Å²) in [5, 5.41) is 1.41. The third kappa shape index (κ3) is 4.94. The topological polar surface area (TPSA) is 0 Å². The summed E-state index contributed by atoms with van der Waals surface area (Å²) >= 11 is 0. The van der Waals surface area contributed by atoms with Gasteiger partial charge in [-0.2, -0.15) is 24.3 Å². The van der Waals surface area contributed by atoms with Gasteiger partial charge in [-0.25, -0.2) is 8.78 Å². The van der Waals surface area contributed by atoms with Crippen molar-refractivity contribution in [1.82, 2.24) is 0 Å². The number of hydrogen-bond acceptors (Lipinski definition) is 0. The summed E-state index contributed by atoms with van der Waals surface area (Å²) in [6.07, 6.45) is 0. The number of halogens is 6. The average molecular weight is 464 g/mol.